The number of furan rings is 1. The van der Waals surface area contributed by atoms with Gasteiger partial charge in [0.1, 0.15) is 5.58 Å². The van der Waals surface area contributed by atoms with Gasteiger partial charge in [-0.05, 0) is 62.1 Å². The zero-order chi connectivity index (χ0) is 26.8. The van der Waals surface area contributed by atoms with Crippen LogP contribution in [0, 0.1) is 6.92 Å². The molecule has 0 fully saturated rings. The first-order valence-corrected chi connectivity index (χ1v) is 14.1. The fourth-order valence-electron chi connectivity index (χ4n) is 6.78. The number of nitrogens with zero attached hydrogens (tertiary/aromatic N) is 3. The summed E-state index contributed by atoms with van der Waals surface area (Å²) in [6, 6.07) is 24.4. The summed E-state index contributed by atoms with van der Waals surface area (Å²) in [5.74, 6) is 0.359. The third kappa shape index (κ3) is 3.75. The van der Waals surface area contributed by atoms with Crippen molar-refractivity contribution in [2.75, 3.05) is 7.05 Å². The van der Waals surface area contributed by atoms with E-state index in [-0.39, 0.29) is 6.04 Å². The summed E-state index contributed by atoms with van der Waals surface area (Å²) in [5.41, 5.74) is 11.0. The van der Waals surface area contributed by atoms with Crippen LogP contribution in [0.3, 0.4) is 0 Å². The van der Waals surface area contributed by atoms with Crippen LogP contribution in [0.4, 0.5) is 0 Å². The SMILES string of the molecule is C=C1CC2C(CCc3ccc4c(oc5nc(C)ccc54)c3/C(=C(/C)S)N1C)c1ccccc1-c1cccc[n+]12. The Morgan fingerprint density at radius 3 is 2.69 bits per heavy atom. The Morgan fingerprint density at radius 2 is 1.85 bits per heavy atom. The van der Waals surface area contributed by atoms with Crippen LogP contribution in [0.1, 0.15) is 54.1 Å². The number of fused-ring (bicyclic) bond motifs is 11. The standard InChI is InChI=1S/C34H31N3OS/c1-20-12-15-28-27-17-14-23-13-16-26-24-9-5-6-10-25(24)29-11-7-8-18-37(29)30(26)19-21(2)36(4)32(22(3)39)31(23)33(27)38-34(28)35-20/h5-12,14-15,17-18,26,30H,2,13,16,19H2,1,3-4H3/p+1/b32-22+. The van der Waals surface area contributed by atoms with Gasteiger partial charge in [-0.15, -0.1) is 12.6 Å². The molecule has 0 aliphatic carbocycles. The van der Waals surface area contributed by atoms with Crippen LogP contribution < -0.4 is 4.57 Å². The van der Waals surface area contributed by atoms with E-state index in [0.29, 0.717) is 11.6 Å². The summed E-state index contributed by atoms with van der Waals surface area (Å²) >= 11 is 4.92. The number of aryl methyl sites for hydroxylation is 2. The first-order chi connectivity index (χ1) is 18.9. The van der Waals surface area contributed by atoms with E-state index in [4.69, 9.17) is 22.0 Å². The molecule has 2 aliphatic heterocycles. The molecule has 7 rings (SSSR count). The molecule has 0 amide bonds. The van der Waals surface area contributed by atoms with Gasteiger partial charge in [-0.1, -0.05) is 36.9 Å². The van der Waals surface area contributed by atoms with Crippen LogP contribution in [-0.2, 0) is 6.42 Å². The van der Waals surface area contributed by atoms with Gasteiger partial charge in [0, 0.05) is 63.3 Å². The van der Waals surface area contributed by atoms with E-state index >= 15 is 0 Å². The van der Waals surface area contributed by atoms with Crippen LogP contribution in [0.2, 0.25) is 0 Å². The maximum absolute atomic E-state index is 6.53. The highest BCUT2D eigenvalue weighted by Crippen LogP contribution is 2.46. The maximum Gasteiger partial charge on any atom is 0.227 e. The van der Waals surface area contributed by atoms with E-state index in [0.717, 1.165) is 63.2 Å². The lowest BCUT2D eigenvalue weighted by atomic mass is 9.77. The molecule has 5 aromatic rings. The molecule has 2 unspecified atom stereocenters. The van der Waals surface area contributed by atoms with Crippen molar-refractivity contribution in [3.8, 4) is 11.3 Å². The second kappa shape index (κ2) is 9.13. The second-order valence-electron chi connectivity index (χ2n) is 10.9. The minimum absolute atomic E-state index is 0.274. The topological polar surface area (TPSA) is 33.2 Å². The fraction of sp³-hybridized carbons (Fsp3) is 0.235. The Bertz CT molecular complexity index is 1830. The number of rotatable bonds is 0. The van der Waals surface area contributed by atoms with Crippen LogP contribution in [-0.4, -0.2) is 16.9 Å². The Labute approximate surface area is 234 Å². The highest BCUT2D eigenvalue weighted by Gasteiger charge is 2.41. The van der Waals surface area contributed by atoms with E-state index in [9.17, 15) is 0 Å². The highest BCUT2D eigenvalue weighted by molar-refractivity contribution is 7.84. The van der Waals surface area contributed by atoms with E-state index in [1.807, 2.05) is 13.0 Å². The molecular formula is C34H32N3OS+. The van der Waals surface area contributed by atoms with Gasteiger partial charge in [-0.25, -0.2) is 4.98 Å². The second-order valence-corrected chi connectivity index (χ2v) is 11.6. The van der Waals surface area contributed by atoms with Crippen molar-refractivity contribution in [2.24, 2.45) is 0 Å². The van der Waals surface area contributed by atoms with Gasteiger partial charge in [0.2, 0.25) is 11.4 Å². The molecule has 2 aliphatic rings. The average molecular weight is 531 g/mol. The molecule has 39 heavy (non-hydrogen) atoms. The summed E-state index contributed by atoms with van der Waals surface area (Å²) in [6.07, 6.45) is 5.03. The lowest BCUT2D eigenvalue weighted by Gasteiger charge is -2.35. The molecule has 194 valence electrons. The number of pyridine rings is 2. The summed E-state index contributed by atoms with van der Waals surface area (Å²) in [7, 11) is 2.12. The van der Waals surface area contributed by atoms with Crippen molar-refractivity contribution in [2.45, 2.75) is 45.1 Å². The molecule has 0 saturated carbocycles. The molecule has 5 heterocycles. The van der Waals surface area contributed by atoms with Gasteiger partial charge in [0.15, 0.2) is 12.2 Å². The van der Waals surface area contributed by atoms with Crippen LogP contribution >= 0.6 is 12.6 Å². The van der Waals surface area contributed by atoms with Gasteiger partial charge >= 0.3 is 0 Å². The molecule has 2 aromatic carbocycles. The van der Waals surface area contributed by atoms with Crippen molar-refractivity contribution in [1.82, 2.24) is 9.88 Å². The van der Waals surface area contributed by atoms with Gasteiger partial charge in [0.25, 0.3) is 0 Å². The van der Waals surface area contributed by atoms with Crippen molar-refractivity contribution >= 4 is 40.4 Å². The number of benzene rings is 2. The first kappa shape index (κ1) is 24.2. The third-order valence-electron chi connectivity index (χ3n) is 8.64. The Balaban J connectivity index is 1.46. The number of thiol groups is 1. The van der Waals surface area contributed by atoms with Crippen molar-refractivity contribution in [3.63, 3.8) is 0 Å². The first-order valence-electron chi connectivity index (χ1n) is 13.7. The predicted octanol–water partition coefficient (Wildman–Crippen LogP) is 7.98. The molecule has 0 saturated heterocycles. The monoisotopic (exact) mass is 530 g/mol. The molecule has 0 spiro atoms. The quantitative estimate of drug-likeness (QED) is 0.163. The molecule has 2 atom stereocenters. The Morgan fingerprint density at radius 1 is 1.05 bits per heavy atom. The normalized spacial score (nSPS) is 20.3. The molecule has 0 N–H and O–H groups in total. The summed E-state index contributed by atoms with van der Waals surface area (Å²) in [5, 5.41) is 2.13. The zero-order valence-electron chi connectivity index (χ0n) is 22.6. The third-order valence-corrected chi connectivity index (χ3v) is 8.85. The lowest BCUT2D eigenvalue weighted by Crippen LogP contribution is -2.48. The van der Waals surface area contributed by atoms with Crippen molar-refractivity contribution < 1.29 is 8.98 Å². The number of hydrogen-bond donors (Lipinski definition) is 1. The smallest absolute Gasteiger partial charge is 0.227 e. The Hall–Kier alpha value is -3.83. The van der Waals surface area contributed by atoms with Crippen LogP contribution in [0.15, 0.2) is 94.5 Å². The van der Waals surface area contributed by atoms with Gasteiger partial charge in [-0.3, -0.25) is 0 Å². The number of hydrogen-bond acceptors (Lipinski definition) is 4. The molecular weight excluding hydrogens is 498 g/mol. The van der Waals surface area contributed by atoms with E-state index in [1.165, 1.54) is 22.4 Å². The van der Waals surface area contributed by atoms with Gasteiger partial charge in [0.05, 0.1) is 12.1 Å². The molecule has 5 heteroatoms. The highest BCUT2D eigenvalue weighted by atomic mass is 32.1. The van der Waals surface area contributed by atoms with E-state index in [1.54, 1.807) is 0 Å². The van der Waals surface area contributed by atoms with Gasteiger partial charge < -0.3 is 9.32 Å². The lowest BCUT2D eigenvalue weighted by molar-refractivity contribution is -0.718. The van der Waals surface area contributed by atoms with Crippen LogP contribution in [0.5, 0.6) is 0 Å². The summed E-state index contributed by atoms with van der Waals surface area (Å²) in [4.78, 5) is 7.88. The molecule has 0 bridgehead atoms. The maximum atomic E-state index is 6.53. The largest absolute Gasteiger partial charge is 0.437 e. The van der Waals surface area contributed by atoms with E-state index < -0.39 is 0 Å². The number of allylic oxidation sites excluding steroid dienone is 2. The van der Waals surface area contributed by atoms with Gasteiger partial charge in [-0.2, -0.15) is 4.57 Å². The predicted molar refractivity (Wildman–Crippen MR) is 162 cm³/mol. The number of aromatic nitrogens is 2. The minimum atomic E-state index is 0.274. The minimum Gasteiger partial charge on any atom is -0.437 e. The molecule has 3 aromatic heterocycles. The molecule has 0 radical (unpaired) electrons. The van der Waals surface area contributed by atoms with Crippen molar-refractivity contribution in [1.29, 1.82) is 0 Å². The van der Waals surface area contributed by atoms with E-state index in [2.05, 4.69) is 96.9 Å². The average Bonchev–Trinajstić information content (AvgIpc) is 3.30. The summed E-state index contributed by atoms with van der Waals surface area (Å²) in [6.45, 7) is 8.69. The zero-order valence-corrected chi connectivity index (χ0v) is 23.5. The molecule has 4 nitrogen and oxygen atoms in total. The van der Waals surface area contributed by atoms with Crippen LogP contribution in [0.25, 0.3) is 39.0 Å². The fourth-order valence-corrected chi connectivity index (χ4v) is 7.04. The van der Waals surface area contributed by atoms with Crippen molar-refractivity contribution in [3.05, 3.63) is 112 Å². The summed E-state index contributed by atoms with van der Waals surface area (Å²) < 4.78 is 9.01. The Kier molecular flexibility index (Phi) is 5.67.